The molecular weight excluding hydrogens is 486 g/mol. The minimum atomic E-state index is -1.07. The third-order valence-electron chi connectivity index (χ3n) is 5.41. The fourth-order valence-corrected chi connectivity index (χ4v) is 3.91. The van der Waals surface area contributed by atoms with Gasteiger partial charge in [-0.2, -0.15) is 0 Å². The van der Waals surface area contributed by atoms with Crippen LogP contribution < -0.4 is 10.6 Å². The number of carbonyl (C=O) groups is 3. The van der Waals surface area contributed by atoms with E-state index in [9.17, 15) is 24.6 Å². The van der Waals surface area contributed by atoms with Crippen LogP contribution in [-0.4, -0.2) is 56.2 Å². The first-order chi connectivity index (χ1) is 17.5. The number of carbonyl (C=O) groups excluding carboxylic acids is 3. The number of aromatic hydroxyl groups is 2. The maximum absolute atomic E-state index is 14.2. The standard InChI is InChI=1S/C29H41N3O6/c1-18(2)32(24(25(35)31-28(3,4)5)20-11-15-22(34)16-12-20)26(36)23(30-27(37)38-29(6,7)8)17-19-9-13-21(33)14-10-19/h9-16,18,23-24,33-34H,17H2,1-8H3,(H,30,37)(H,31,35). The van der Waals surface area contributed by atoms with Gasteiger partial charge in [0.25, 0.3) is 0 Å². The number of nitrogens with zero attached hydrogens (tertiary/aromatic N) is 1. The molecule has 2 unspecified atom stereocenters. The van der Waals surface area contributed by atoms with Crippen LogP contribution in [0.4, 0.5) is 4.79 Å². The molecule has 0 aromatic heterocycles. The molecule has 4 N–H and O–H groups in total. The van der Waals surface area contributed by atoms with E-state index in [4.69, 9.17) is 4.74 Å². The van der Waals surface area contributed by atoms with Crippen molar-refractivity contribution in [2.45, 2.75) is 91.1 Å². The molecule has 0 aliphatic heterocycles. The summed E-state index contributed by atoms with van der Waals surface area (Å²) in [7, 11) is 0. The lowest BCUT2D eigenvalue weighted by Crippen LogP contribution is -2.57. The van der Waals surface area contributed by atoms with Crippen LogP contribution in [-0.2, 0) is 20.7 Å². The molecule has 0 fully saturated rings. The number of amides is 3. The van der Waals surface area contributed by atoms with Gasteiger partial charge >= 0.3 is 6.09 Å². The molecule has 208 valence electrons. The quantitative estimate of drug-likeness (QED) is 0.402. The lowest BCUT2D eigenvalue weighted by atomic mass is 9.97. The molecule has 2 rings (SSSR count). The molecule has 38 heavy (non-hydrogen) atoms. The molecule has 0 bridgehead atoms. The number of rotatable bonds is 8. The Labute approximate surface area is 225 Å². The minimum Gasteiger partial charge on any atom is -0.508 e. The number of benzene rings is 2. The topological polar surface area (TPSA) is 128 Å². The van der Waals surface area contributed by atoms with Crippen LogP contribution in [0.15, 0.2) is 48.5 Å². The highest BCUT2D eigenvalue weighted by atomic mass is 16.6. The summed E-state index contributed by atoms with van der Waals surface area (Å²) in [6.07, 6.45) is -0.663. The van der Waals surface area contributed by atoms with Crippen molar-refractivity contribution in [2.24, 2.45) is 0 Å². The molecule has 0 spiro atoms. The van der Waals surface area contributed by atoms with Gasteiger partial charge in [0.1, 0.15) is 29.2 Å². The summed E-state index contributed by atoms with van der Waals surface area (Å²) < 4.78 is 5.42. The number of hydrogen-bond acceptors (Lipinski definition) is 6. The van der Waals surface area contributed by atoms with E-state index in [2.05, 4.69) is 10.6 Å². The Bertz CT molecular complexity index is 1100. The zero-order chi connectivity index (χ0) is 28.8. The summed E-state index contributed by atoms with van der Waals surface area (Å²) in [4.78, 5) is 42.0. The summed E-state index contributed by atoms with van der Waals surface area (Å²) >= 11 is 0. The summed E-state index contributed by atoms with van der Waals surface area (Å²) in [5.74, 6) is -0.776. The predicted molar refractivity (Wildman–Crippen MR) is 146 cm³/mol. The zero-order valence-corrected chi connectivity index (χ0v) is 23.5. The van der Waals surface area contributed by atoms with Crippen molar-refractivity contribution in [2.75, 3.05) is 0 Å². The summed E-state index contributed by atoms with van der Waals surface area (Å²) in [5, 5.41) is 25.1. The Morgan fingerprint density at radius 3 is 1.82 bits per heavy atom. The van der Waals surface area contributed by atoms with Gasteiger partial charge in [-0.05, 0) is 90.8 Å². The fourth-order valence-electron chi connectivity index (χ4n) is 3.91. The van der Waals surface area contributed by atoms with Gasteiger partial charge in [0.15, 0.2) is 0 Å². The summed E-state index contributed by atoms with van der Waals surface area (Å²) in [6.45, 7) is 14.3. The first kappa shape index (κ1) is 30.5. The second-order valence-electron chi connectivity index (χ2n) is 11.6. The second kappa shape index (κ2) is 12.2. The Balaban J connectivity index is 2.55. The van der Waals surface area contributed by atoms with E-state index in [-0.39, 0.29) is 17.9 Å². The SMILES string of the molecule is CC(C)N(C(=O)C(Cc1ccc(O)cc1)NC(=O)OC(C)(C)C)C(C(=O)NC(C)(C)C)c1ccc(O)cc1. The van der Waals surface area contributed by atoms with Gasteiger partial charge in [-0.15, -0.1) is 0 Å². The molecule has 9 heteroatoms. The van der Waals surface area contributed by atoms with Crippen LogP contribution in [0.25, 0.3) is 0 Å². The molecule has 0 radical (unpaired) electrons. The fraction of sp³-hybridized carbons (Fsp3) is 0.483. The summed E-state index contributed by atoms with van der Waals surface area (Å²) in [5.41, 5.74) is -0.152. The van der Waals surface area contributed by atoms with Crippen molar-refractivity contribution < 1.29 is 29.3 Å². The van der Waals surface area contributed by atoms with Gasteiger partial charge in [-0.1, -0.05) is 24.3 Å². The lowest BCUT2D eigenvalue weighted by Gasteiger charge is -2.38. The van der Waals surface area contributed by atoms with Crippen LogP contribution in [0.2, 0.25) is 0 Å². The third-order valence-corrected chi connectivity index (χ3v) is 5.41. The first-order valence-corrected chi connectivity index (χ1v) is 12.7. The van der Waals surface area contributed by atoms with Crippen LogP contribution in [0.5, 0.6) is 11.5 Å². The molecule has 9 nitrogen and oxygen atoms in total. The van der Waals surface area contributed by atoms with Gasteiger partial charge in [0.05, 0.1) is 0 Å². The van der Waals surface area contributed by atoms with Crippen LogP contribution in [0.3, 0.4) is 0 Å². The molecule has 2 aromatic rings. The summed E-state index contributed by atoms with van der Waals surface area (Å²) in [6, 6.07) is 9.90. The van der Waals surface area contributed by atoms with Crippen molar-refractivity contribution in [3.05, 3.63) is 59.7 Å². The van der Waals surface area contributed by atoms with Crippen molar-refractivity contribution in [1.82, 2.24) is 15.5 Å². The number of phenols is 2. The molecule has 0 aliphatic rings. The molecule has 0 heterocycles. The molecule has 2 atom stereocenters. The van der Waals surface area contributed by atoms with E-state index in [0.717, 1.165) is 0 Å². The maximum atomic E-state index is 14.2. The Morgan fingerprint density at radius 2 is 1.37 bits per heavy atom. The van der Waals surface area contributed by atoms with E-state index in [1.54, 1.807) is 58.9 Å². The highest BCUT2D eigenvalue weighted by Gasteiger charge is 2.38. The average Bonchev–Trinajstić information content (AvgIpc) is 2.76. The molecular formula is C29H41N3O6. The second-order valence-corrected chi connectivity index (χ2v) is 11.6. The first-order valence-electron chi connectivity index (χ1n) is 12.7. The van der Waals surface area contributed by atoms with Crippen molar-refractivity contribution in [3.8, 4) is 11.5 Å². The minimum absolute atomic E-state index is 0.0305. The third kappa shape index (κ3) is 9.28. The average molecular weight is 528 g/mol. The molecule has 3 amide bonds. The Hall–Kier alpha value is -3.75. The lowest BCUT2D eigenvalue weighted by molar-refractivity contribution is -0.145. The highest BCUT2D eigenvalue weighted by Crippen LogP contribution is 2.28. The van der Waals surface area contributed by atoms with Gasteiger partial charge in [-0.3, -0.25) is 9.59 Å². The van der Waals surface area contributed by atoms with Gasteiger partial charge in [0, 0.05) is 18.0 Å². The van der Waals surface area contributed by atoms with Gasteiger partial charge < -0.3 is 30.5 Å². The van der Waals surface area contributed by atoms with E-state index >= 15 is 0 Å². The zero-order valence-electron chi connectivity index (χ0n) is 23.5. The van der Waals surface area contributed by atoms with Crippen molar-refractivity contribution >= 4 is 17.9 Å². The Kier molecular flexibility index (Phi) is 9.78. The molecule has 0 saturated heterocycles. The number of alkyl carbamates (subject to hydrolysis) is 1. The molecule has 0 saturated carbocycles. The number of nitrogens with one attached hydrogen (secondary N) is 2. The number of hydrogen-bond donors (Lipinski definition) is 4. The van der Waals surface area contributed by atoms with Crippen LogP contribution in [0.1, 0.15) is 72.6 Å². The monoisotopic (exact) mass is 527 g/mol. The predicted octanol–water partition coefficient (Wildman–Crippen LogP) is 4.43. The molecule has 0 aliphatic carbocycles. The van der Waals surface area contributed by atoms with Crippen molar-refractivity contribution in [3.63, 3.8) is 0 Å². The number of phenolic OH excluding ortho intramolecular Hbond substituents is 2. The normalized spacial score (nSPS) is 13.4. The van der Waals surface area contributed by atoms with Crippen LogP contribution >= 0.6 is 0 Å². The van der Waals surface area contributed by atoms with E-state index in [1.165, 1.54) is 29.2 Å². The maximum Gasteiger partial charge on any atom is 0.408 e. The number of ether oxygens (including phenoxy) is 1. The largest absolute Gasteiger partial charge is 0.508 e. The van der Waals surface area contributed by atoms with E-state index in [0.29, 0.717) is 11.1 Å². The van der Waals surface area contributed by atoms with E-state index in [1.807, 2.05) is 20.8 Å². The highest BCUT2D eigenvalue weighted by molar-refractivity contribution is 5.92. The van der Waals surface area contributed by atoms with Gasteiger partial charge in [0.2, 0.25) is 11.8 Å². The van der Waals surface area contributed by atoms with Gasteiger partial charge in [-0.25, -0.2) is 4.79 Å². The smallest absolute Gasteiger partial charge is 0.408 e. The Morgan fingerprint density at radius 1 is 0.868 bits per heavy atom. The molecule has 2 aromatic carbocycles. The van der Waals surface area contributed by atoms with Crippen LogP contribution in [0, 0.1) is 0 Å². The van der Waals surface area contributed by atoms with Crippen molar-refractivity contribution in [1.29, 1.82) is 0 Å². The van der Waals surface area contributed by atoms with E-state index < -0.39 is 47.2 Å².